The van der Waals surface area contributed by atoms with Gasteiger partial charge in [0.2, 0.25) is 0 Å². The molecule has 1 fully saturated rings. The first kappa shape index (κ1) is 14.3. The van der Waals surface area contributed by atoms with Gasteiger partial charge in [0.25, 0.3) is 5.91 Å². The van der Waals surface area contributed by atoms with E-state index in [1.54, 1.807) is 18.2 Å². The number of rotatable bonds is 4. The predicted molar refractivity (Wildman–Crippen MR) is 80.4 cm³/mol. The molecule has 5 nitrogen and oxygen atoms in total. The largest absolute Gasteiger partial charge is 0.504 e. The Morgan fingerprint density at radius 1 is 1.45 bits per heavy atom. The summed E-state index contributed by atoms with van der Waals surface area (Å²) in [4.78, 5) is 13.5. The maximum Gasteiger partial charge on any atom is 0.276 e. The van der Waals surface area contributed by atoms with Crippen molar-refractivity contribution < 1.29 is 14.6 Å². The maximum atomic E-state index is 12.1. The molecule has 6 heteroatoms. The highest BCUT2D eigenvalue weighted by atomic mass is 32.1. The molecule has 0 atom stereocenters. The maximum absolute atomic E-state index is 12.1. The highest BCUT2D eigenvalue weighted by molar-refractivity contribution is 7.80. The van der Waals surface area contributed by atoms with Gasteiger partial charge in [-0.2, -0.15) is 0 Å². The molecule has 0 radical (unpaired) electrons. The number of likely N-dealkylation sites (N-methyl/N-ethyl adjacent to an activating group) is 1. The molecule has 20 heavy (non-hydrogen) atoms. The molecule has 0 unspecified atom stereocenters. The Morgan fingerprint density at radius 2 is 2.20 bits per heavy atom. The average molecular weight is 292 g/mol. The molecule has 0 saturated carbocycles. The van der Waals surface area contributed by atoms with Gasteiger partial charge in [-0.05, 0) is 49.8 Å². The molecule has 1 aliphatic rings. The zero-order chi connectivity index (χ0) is 14.7. The summed E-state index contributed by atoms with van der Waals surface area (Å²) in [6, 6.07) is 4.92. The molecule has 1 aliphatic heterocycles. The highest BCUT2D eigenvalue weighted by Gasteiger charge is 2.28. The van der Waals surface area contributed by atoms with Crippen molar-refractivity contribution in [1.29, 1.82) is 0 Å². The summed E-state index contributed by atoms with van der Waals surface area (Å²) in [6.07, 6.45) is 1.69. The molecule has 1 aromatic carbocycles. The zero-order valence-corrected chi connectivity index (χ0v) is 12.2. The van der Waals surface area contributed by atoms with Crippen LogP contribution >= 0.6 is 12.2 Å². The molecule has 1 heterocycles. The number of nitrogens with one attached hydrogen (secondary N) is 1. The summed E-state index contributed by atoms with van der Waals surface area (Å²) in [7, 11) is 0. The van der Waals surface area contributed by atoms with Crippen LogP contribution in [0, 0.1) is 0 Å². The van der Waals surface area contributed by atoms with Crippen LogP contribution in [0.15, 0.2) is 23.9 Å². The van der Waals surface area contributed by atoms with Crippen LogP contribution < -0.4 is 10.1 Å². The van der Waals surface area contributed by atoms with Crippen molar-refractivity contribution in [2.45, 2.75) is 13.8 Å². The minimum atomic E-state index is -0.150. The number of hydrogen-bond acceptors (Lipinski definition) is 4. The van der Waals surface area contributed by atoms with E-state index in [4.69, 9.17) is 17.0 Å². The van der Waals surface area contributed by atoms with E-state index in [-0.39, 0.29) is 11.7 Å². The Morgan fingerprint density at radius 3 is 2.80 bits per heavy atom. The normalized spacial score (nSPS) is 16.7. The van der Waals surface area contributed by atoms with Crippen molar-refractivity contribution >= 4 is 29.3 Å². The third-order valence-electron chi connectivity index (χ3n) is 2.87. The van der Waals surface area contributed by atoms with Gasteiger partial charge < -0.3 is 15.2 Å². The smallest absolute Gasteiger partial charge is 0.276 e. The third kappa shape index (κ3) is 2.75. The summed E-state index contributed by atoms with van der Waals surface area (Å²) in [5.74, 6) is 0.316. The lowest BCUT2D eigenvalue weighted by Crippen LogP contribution is -2.30. The molecule has 1 aromatic rings. The topological polar surface area (TPSA) is 61.8 Å². The molecule has 1 saturated heterocycles. The first-order valence-electron chi connectivity index (χ1n) is 6.37. The van der Waals surface area contributed by atoms with Gasteiger partial charge in [-0.1, -0.05) is 6.07 Å². The lowest BCUT2D eigenvalue weighted by atomic mass is 10.1. The fourth-order valence-corrected chi connectivity index (χ4v) is 2.24. The number of thiocarbonyl (C=S) groups is 1. The number of nitrogens with zero attached hydrogens (tertiary/aromatic N) is 1. The van der Waals surface area contributed by atoms with Crippen molar-refractivity contribution in [2.75, 3.05) is 13.2 Å². The molecule has 106 valence electrons. The van der Waals surface area contributed by atoms with Gasteiger partial charge in [0.05, 0.1) is 6.61 Å². The molecular weight excluding hydrogens is 276 g/mol. The van der Waals surface area contributed by atoms with Crippen molar-refractivity contribution in [3.8, 4) is 11.5 Å². The van der Waals surface area contributed by atoms with Crippen LogP contribution in [-0.4, -0.2) is 34.2 Å². The molecule has 0 aromatic heterocycles. The number of amides is 1. The van der Waals surface area contributed by atoms with Crippen LogP contribution in [-0.2, 0) is 4.79 Å². The first-order valence-corrected chi connectivity index (χ1v) is 6.78. The fourth-order valence-electron chi connectivity index (χ4n) is 1.92. The lowest BCUT2D eigenvalue weighted by molar-refractivity contribution is -0.122. The molecule has 2 N–H and O–H groups in total. The van der Waals surface area contributed by atoms with Gasteiger partial charge in [0.15, 0.2) is 16.6 Å². The SMILES string of the molecule is CCOc1cc(/C=C2\NC(=S)N(CC)C2=O)ccc1O. The second-order valence-corrected chi connectivity index (χ2v) is 4.58. The third-order valence-corrected chi connectivity index (χ3v) is 3.20. The Bertz CT molecular complexity index is 584. The minimum absolute atomic E-state index is 0.0745. The fraction of sp³-hybridized carbons (Fsp3) is 0.286. The van der Waals surface area contributed by atoms with Crippen LogP contribution in [0.2, 0.25) is 0 Å². The number of hydrogen-bond donors (Lipinski definition) is 2. The Labute approximate surface area is 122 Å². The van der Waals surface area contributed by atoms with Crippen molar-refractivity contribution in [3.05, 3.63) is 29.5 Å². The van der Waals surface area contributed by atoms with Gasteiger partial charge in [-0.15, -0.1) is 0 Å². The number of aromatic hydroxyl groups is 1. The predicted octanol–water partition coefficient (Wildman–Crippen LogP) is 1.87. The summed E-state index contributed by atoms with van der Waals surface area (Å²) in [5.41, 5.74) is 1.17. The Kier molecular flexibility index (Phi) is 4.24. The number of carbonyl (C=O) groups excluding carboxylic acids is 1. The number of carbonyl (C=O) groups is 1. The van der Waals surface area contributed by atoms with E-state index in [1.165, 1.54) is 11.0 Å². The van der Waals surface area contributed by atoms with Crippen molar-refractivity contribution in [3.63, 3.8) is 0 Å². The second-order valence-electron chi connectivity index (χ2n) is 4.20. The van der Waals surface area contributed by atoms with E-state index in [0.717, 1.165) is 5.56 Å². The molecule has 1 amide bonds. The summed E-state index contributed by atoms with van der Waals surface area (Å²) < 4.78 is 5.31. The van der Waals surface area contributed by atoms with Crippen molar-refractivity contribution in [1.82, 2.24) is 10.2 Å². The monoisotopic (exact) mass is 292 g/mol. The molecule has 0 bridgehead atoms. The van der Waals surface area contributed by atoms with E-state index in [2.05, 4.69) is 5.32 Å². The van der Waals surface area contributed by atoms with Gasteiger partial charge in [0, 0.05) is 6.54 Å². The van der Waals surface area contributed by atoms with Gasteiger partial charge in [0.1, 0.15) is 5.70 Å². The van der Waals surface area contributed by atoms with Gasteiger partial charge in [-0.3, -0.25) is 9.69 Å². The lowest BCUT2D eigenvalue weighted by Gasteiger charge is -2.09. The summed E-state index contributed by atoms with van der Waals surface area (Å²) in [5, 5.41) is 12.9. The van der Waals surface area contributed by atoms with E-state index >= 15 is 0 Å². The number of benzene rings is 1. The first-order chi connectivity index (χ1) is 9.56. The van der Waals surface area contributed by atoms with Crippen LogP contribution in [0.5, 0.6) is 11.5 Å². The van der Waals surface area contributed by atoms with E-state index in [1.807, 2.05) is 13.8 Å². The summed E-state index contributed by atoms with van der Waals surface area (Å²) in [6.45, 7) is 4.69. The van der Waals surface area contributed by atoms with Crippen LogP contribution in [0.3, 0.4) is 0 Å². The van der Waals surface area contributed by atoms with E-state index in [9.17, 15) is 9.90 Å². The minimum Gasteiger partial charge on any atom is -0.504 e. The quantitative estimate of drug-likeness (QED) is 0.655. The highest BCUT2D eigenvalue weighted by Crippen LogP contribution is 2.28. The number of phenols is 1. The summed E-state index contributed by atoms with van der Waals surface area (Å²) >= 11 is 5.09. The van der Waals surface area contributed by atoms with E-state index in [0.29, 0.717) is 29.7 Å². The Hall–Kier alpha value is -2.08. The van der Waals surface area contributed by atoms with E-state index < -0.39 is 0 Å². The Balaban J connectivity index is 2.30. The van der Waals surface area contributed by atoms with Crippen LogP contribution in [0.25, 0.3) is 6.08 Å². The zero-order valence-electron chi connectivity index (χ0n) is 11.3. The molecule has 0 aliphatic carbocycles. The van der Waals surface area contributed by atoms with Crippen LogP contribution in [0.4, 0.5) is 0 Å². The standard InChI is InChI=1S/C14H16N2O3S/c1-3-16-13(18)10(15-14(16)20)7-9-5-6-11(17)12(8-9)19-4-2/h5-8,17H,3-4H2,1-2H3,(H,15,20)/b10-7-. The molecule has 2 rings (SSSR count). The molecule has 0 spiro atoms. The van der Waals surface area contributed by atoms with Gasteiger partial charge >= 0.3 is 0 Å². The van der Waals surface area contributed by atoms with Crippen LogP contribution in [0.1, 0.15) is 19.4 Å². The van der Waals surface area contributed by atoms with Crippen molar-refractivity contribution in [2.24, 2.45) is 0 Å². The average Bonchev–Trinajstić information content (AvgIpc) is 2.68. The van der Waals surface area contributed by atoms with Gasteiger partial charge in [-0.25, -0.2) is 0 Å². The number of ether oxygens (including phenoxy) is 1. The number of phenolic OH excluding ortho intramolecular Hbond substituents is 1. The molecular formula is C14H16N2O3S. The second kappa shape index (κ2) is 5.92.